The van der Waals surface area contributed by atoms with Gasteiger partial charge in [-0.15, -0.1) is 0 Å². The van der Waals surface area contributed by atoms with Gasteiger partial charge < -0.3 is 14.5 Å². The predicted molar refractivity (Wildman–Crippen MR) is 98.2 cm³/mol. The predicted octanol–water partition coefficient (Wildman–Crippen LogP) is 3.08. The van der Waals surface area contributed by atoms with Gasteiger partial charge >= 0.3 is 0 Å². The molecule has 1 aromatic rings. The third-order valence-electron chi connectivity index (χ3n) is 4.79. The Kier molecular flexibility index (Phi) is 6.26. The first-order chi connectivity index (χ1) is 12.1. The van der Waals surface area contributed by atoms with Crippen molar-refractivity contribution in [2.45, 2.75) is 40.2 Å². The van der Waals surface area contributed by atoms with E-state index in [-0.39, 0.29) is 23.5 Å². The molecule has 144 valence electrons. The number of likely N-dealkylation sites (tertiary alicyclic amines) is 1. The molecule has 5 nitrogen and oxygen atoms in total. The normalized spacial score (nSPS) is 15.7. The zero-order valence-corrected chi connectivity index (χ0v) is 16.3. The van der Waals surface area contributed by atoms with Crippen molar-refractivity contribution < 1.29 is 18.7 Å². The van der Waals surface area contributed by atoms with Gasteiger partial charge in [0.15, 0.2) is 11.6 Å². The SMILES string of the molecule is COc1ccc(CN(C)C(=O)C2CCN(C(=O)C(C)(C)C)CC2)cc1F. The Labute approximate surface area is 155 Å². The van der Waals surface area contributed by atoms with E-state index in [1.165, 1.54) is 13.2 Å². The number of piperidine rings is 1. The number of halogens is 1. The van der Waals surface area contributed by atoms with E-state index in [1.807, 2.05) is 25.7 Å². The molecule has 6 heteroatoms. The molecule has 0 N–H and O–H groups in total. The number of carbonyl (C=O) groups excluding carboxylic acids is 2. The molecule has 0 radical (unpaired) electrons. The van der Waals surface area contributed by atoms with Crippen molar-refractivity contribution in [3.8, 4) is 5.75 Å². The fourth-order valence-electron chi connectivity index (χ4n) is 3.28. The van der Waals surface area contributed by atoms with Crippen LogP contribution in [-0.4, -0.2) is 48.9 Å². The summed E-state index contributed by atoms with van der Waals surface area (Å²) in [6.45, 7) is 7.30. The van der Waals surface area contributed by atoms with Gasteiger partial charge in [0.25, 0.3) is 0 Å². The number of hydrogen-bond donors (Lipinski definition) is 0. The van der Waals surface area contributed by atoms with Gasteiger partial charge in [-0.3, -0.25) is 9.59 Å². The molecule has 2 rings (SSSR count). The standard InChI is InChI=1S/C20H29FN2O3/c1-20(2,3)19(25)23-10-8-15(9-11-23)18(24)22(4)13-14-6-7-17(26-5)16(21)12-14/h6-7,12,15H,8-11,13H2,1-5H3. The largest absolute Gasteiger partial charge is 0.494 e. The molecule has 1 aliphatic heterocycles. The summed E-state index contributed by atoms with van der Waals surface area (Å²) >= 11 is 0. The Bertz CT molecular complexity index is 662. The lowest BCUT2D eigenvalue weighted by Crippen LogP contribution is -2.46. The average Bonchev–Trinajstić information content (AvgIpc) is 2.60. The average molecular weight is 364 g/mol. The minimum atomic E-state index is -0.431. The molecule has 0 spiro atoms. The van der Waals surface area contributed by atoms with Crippen LogP contribution in [0.3, 0.4) is 0 Å². The molecule has 0 aromatic heterocycles. The smallest absolute Gasteiger partial charge is 0.227 e. The van der Waals surface area contributed by atoms with Crippen molar-refractivity contribution in [2.24, 2.45) is 11.3 Å². The number of benzene rings is 1. The maximum atomic E-state index is 13.8. The number of carbonyl (C=O) groups is 2. The summed E-state index contributed by atoms with van der Waals surface area (Å²) in [6.07, 6.45) is 1.34. The molecule has 1 aliphatic rings. The van der Waals surface area contributed by atoms with Crippen LogP contribution in [0.5, 0.6) is 5.75 Å². The van der Waals surface area contributed by atoms with E-state index in [0.717, 1.165) is 5.56 Å². The van der Waals surface area contributed by atoms with E-state index in [4.69, 9.17) is 4.74 Å². The summed E-state index contributed by atoms with van der Waals surface area (Å²) in [5.74, 6) is -0.153. The van der Waals surface area contributed by atoms with Gasteiger partial charge in [-0.05, 0) is 30.5 Å². The van der Waals surface area contributed by atoms with E-state index in [9.17, 15) is 14.0 Å². The Morgan fingerprint density at radius 2 is 1.88 bits per heavy atom. The molecule has 1 heterocycles. The number of amides is 2. The number of nitrogens with zero attached hydrogens (tertiary/aromatic N) is 2. The molecular formula is C20H29FN2O3. The lowest BCUT2D eigenvalue weighted by Gasteiger charge is -2.36. The van der Waals surface area contributed by atoms with Crippen LogP contribution < -0.4 is 4.74 Å². The molecule has 26 heavy (non-hydrogen) atoms. The summed E-state index contributed by atoms with van der Waals surface area (Å²) in [5, 5.41) is 0. The molecule has 1 saturated heterocycles. The highest BCUT2D eigenvalue weighted by Gasteiger charge is 2.33. The Morgan fingerprint density at radius 1 is 1.27 bits per heavy atom. The third-order valence-corrected chi connectivity index (χ3v) is 4.79. The monoisotopic (exact) mass is 364 g/mol. The van der Waals surface area contributed by atoms with Crippen LogP contribution in [0.1, 0.15) is 39.2 Å². The van der Waals surface area contributed by atoms with Crippen molar-refractivity contribution in [1.82, 2.24) is 9.80 Å². The van der Waals surface area contributed by atoms with Crippen molar-refractivity contribution >= 4 is 11.8 Å². The molecule has 0 atom stereocenters. The quantitative estimate of drug-likeness (QED) is 0.825. The molecule has 0 aliphatic carbocycles. The van der Waals surface area contributed by atoms with Crippen LogP contribution >= 0.6 is 0 Å². The molecule has 2 amide bonds. The number of rotatable bonds is 4. The molecule has 0 saturated carbocycles. The van der Waals surface area contributed by atoms with Crippen molar-refractivity contribution in [2.75, 3.05) is 27.2 Å². The molecular weight excluding hydrogens is 335 g/mol. The Morgan fingerprint density at radius 3 is 2.38 bits per heavy atom. The first-order valence-electron chi connectivity index (χ1n) is 9.00. The highest BCUT2D eigenvalue weighted by molar-refractivity contribution is 5.82. The highest BCUT2D eigenvalue weighted by Crippen LogP contribution is 2.25. The fraction of sp³-hybridized carbons (Fsp3) is 0.600. The zero-order chi connectivity index (χ0) is 19.5. The summed E-state index contributed by atoms with van der Waals surface area (Å²) in [4.78, 5) is 28.5. The lowest BCUT2D eigenvalue weighted by atomic mass is 9.90. The number of ether oxygens (including phenoxy) is 1. The van der Waals surface area contributed by atoms with Crippen molar-refractivity contribution in [1.29, 1.82) is 0 Å². The van der Waals surface area contributed by atoms with Crippen LogP contribution in [0.2, 0.25) is 0 Å². The van der Waals surface area contributed by atoms with E-state index in [1.54, 1.807) is 24.1 Å². The van der Waals surface area contributed by atoms with E-state index >= 15 is 0 Å². The summed E-state index contributed by atoms with van der Waals surface area (Å²) in [5.41, 5.74) is 0.325. The van der Waals surface area contributed by atoms with Gasteiger partial charge in [-0.1, -0.05) is 26.8 Å². The van der Waals surface area contributed by atoms with Gasteiger partial charge in [0.2, 0.25) is 11.8 Å². The van der Waals surface area contributed by atoms with E-state index in [2.05, 4.69) is 0 Å². The van der Waals surface area contributed by atoms with Gasteiger partial charge in [-0.2, -0.15) is 0 Å². The van der Waals surface area contributed by atoms with Crippen molar-refractivity contribution in [3.05, 3.63) is 29.6 Å². The Balaban J connectivity index is 1.91. The molecule has 1 fully saturated rings. The van der Waals surface area contributed by atoms with Crippen LogP contribution in [-0.2, 0) is 16.1 Å². The minimum Gasteiger partial charge on any atom is -0.494 e. The van der Waals surface area contributed by atoms with E-state index < -0.39 is 11.2 Å². The summed E-state index contributed by atoms with van der Waals surface area (Å²) in [7, 11) is 3.15. The van der Waals surface area contributed by atoms with Gasteiger partial charge in [0.05, 0.1) is 7.11 Å². The number of hydrogen-bond acceptors (Lipinski definition) is 3. The van der Waals surface area contributed by atoms with Crippen LogP contribution in [0.25, 0.3) is 0 Å². The fourth-order valence-corrected chi connectivity index (χ4v) is 3.28. The maximum Gasteiger partial charge on any atom is 0.227 e. The summed E-state index contributed by atoms with van der Waals surface area (Å²) in [6, 6.07) is 4.73. The van der Waals surface area contributed by atoms with Gasteiger partial charge in [0, 0.05) is 38.0 Å². The van der Waals surface area contributed by atoms with Gasteiger partial charge in [-0.25, -0.2) is 4.39 Å². The molecule has 0 unspecified atom stereocenters. The molecule has 0 bridgehead atoms. The number of methoxy groups -OCH3 is 1. The second kappa shape index (κ2) is 8.06. The Hall–Kier alpha value is -2.11. The maximum absolute atomic E-state index is 13.8. The van der Waals surface area contributed by atoms with E-state index in [0.29, 0.717) is 32.5 Å². The first kappa shape index (κ1) is 20.2. The third kappa shape index (κ3) is 4.74. The topological polar surface area (TPSA) is 49.9 Å². The van der Waals surface area contributed by atoms with Crippen LogP contribution in [0.4, 0.5) is 4.39 Å². The van der Waals surface area contributed by atoms with Gasteiger partial charge in [0.1, 0.15) is 0 Å². The molecule has 1 aromatic carbocycles. The second-order valence-corrected chi connectivity index (χ2v) is 7.98. The highest BCUT2D eigenvalue weighted by atomic mass is 19.1. The van der Waals surface area contributed by atoms with Crippen LogP contribution in [0, 0.1) is 17.2 Å². The lowest BCUT2D eigenvalue weighted by molar-refractivity contribution is -0.144. The van der Waals surface area contributed by atoms with Crippen LogP contribution in [0.15, 0.2) is 18.2 Å². The zero-order valence-electron chi connectivity index (χ0n) is 16.3. The first-order valence-corrected chi connectivity index (χ1v) is 9.00. The minimum absolute atomic E-state index is 0.0454. The van der Waals surface area contributed by atoms with Crippen molar-refractivity contribution in [3.63, 3.8) is 0 Å². The summed E-state index contributed by atoms with van der Waals surface area (Å²) < 4.78 is 18.7. The second-order valence-electron chi connectivity index (χ2n) is 7.98.